The number of nitrogens with one attached hydrogen (secondary N) is 1. The molecule has 0 spiro atoms. The number of rotatable bonds is 6. The fraction of sp³-hybridized carbons (Fsp3) is 0.320. The maximum atomic E-state index is 12.2. The van der Waals surface area contributed by atoms with Gasteiger partial charge >= 0.3 is 0 Å². The summed E-state index contributed by atoms with van der Waals surface area (Å²) in [5.74, 6) is 0.271. The highest BCUT2D eigenvalue weighted by Crippen LogP contribution is 2.35. The summed E-state index contributed by atoms with van der Waals surface area (Å²) < 4.78 is 5.38. The van der Waals surface area contributed by atoms with Gasteiger partial charge in [0.2, 0.25) is 11.8 Å². The molecule has 7 nitrogen and oxygen atoms in total. The second kappa shape index (κ2) is 9.77. The maximum absolute atomic E-state index is 12.2. The van der Waals surface area contributed by atoms with E-state index >= 15 is 0 Å². The van der Waals surface area contributed by atoms with Crippen LogP contribution in [0.15, 0.2) is 42.5 Å². The van der Waals surface area contributed by atoms with Gasteiger partial charge in [0.15, 0.2) is 0 Å². The van der Waals surface area contributed by atoms with Crippen molar-refractivity contribution in [2.75, 3.05) is 32.6 Å². The van der Waals surface area contributed by atoms with Crippen molar-refractivity contribution in [1.82, 2.24) is 14.9 Å². The van der Waals surface area contributed by atoms with Crippen molar-refractivity contribution in [3.05, 3.63) is 64.2 Å². The summed E-state index contributed by atoms with van der Waals surface area (Å²) >= 11 is 6.39. The van der Waals surface area contributed by atoms with E-state index in [1.54, 1.807) is 12.1 Å². The van der Waals surface area contributed by atoms with Crippen LogP contribution in [0.3, 0.4) is 0 Å². The molecular weight excluding hydrogens is 438 g/mol. The molecule has 0 radical (unpaired) electrons. The monoisotopic (exact) mass is 465 g/mol. The Hall–Kier alpha value is -3.16. The van der Waals surface area contributed by atoms with Crippen LogP contribution >= 0.6 is 11.6 Å². The molecule has 2 aromatic carbocycles. The Bertz CT molecular complexity index is 1180. The molecule has 1 saturated heterocycles. The molecule has 1 amide bonds. The van der Waals surface area contributed by atoms with Gasteiger partial charge in [0.25, 0.3) is 5.91 Å². The molecule has 4 rings (SSSR count). The van der Waals surface area contributed by atoms with E-state index in [9.17, 15) is 4.79 Å². The minimum atomic E-state index is -0.688. The first-order valence-corrected chi connectivity index (χ1v) is 11.3. The van der Waals surface area contributed by atoms with Gasteiger partial charge in [0.05, 0.1) is 12.8 Å². The Balaban J connectivity index is 1.68. The van der Waals surface area contributed by atoms with E-state index in [4.69, 9.17) is 22.1 Å². The number of anilines is 2. The molecule has 0 bridgehead atoms. The summed E-state index contributed by atoms with van der Waals surface area (Å²) in [5, 5.41) is 3.70. The van der Waals surface area contributed by atoms with Gasteiger partial charge in [-0.25, -0.2) is 4.98 Å². The molecule has 172 valence electrons. The van der Waals surface area contributed by atoms with E-state index in [0.717, 1.165) is 18.8 Å². The number of ether oxygens (including phenoxy) is 1. The lowest BCUT2D eigenvalue weighted by Crippen LogP contribution is -2.29. The summed E-state index contributed by atoms with van der Waals surface area (Å²) in [7, 11) is 3.61. The average Bonchev–Trinajstić information content (AvgIpc) is 2.79. The topological polar surface area (TPSA) is 93.4 Å². The lowest BCUT2D eigenvalue weighted by atomic mass is 9.87. The fourth-order valence-electron chi connectivity index (χ4n) is 4.37. The number of carbonyl (C=O) groups excluding carboxylic acids is 1. The lowest BCUT2D eigenvalue weighted by molar-refractivity contribution is 0.0997. The molecule has 33 heavy (non-hydrogen) atoms. The van der Waals surface area contributed by atoms with Crippen molar-refractivity contribution >= 4 is 29.1 Å². The molecule has 1 fully saturated rings. The quantitative estimate of drug-likeness (QED) is 0.544. The highest BCUT2D eigenvalue weighted by Gasteiger charge is 2.23. The molecule has 1 aromatic heterocycles. The Morgan fingerprint density at radius 3 is 2.55 bits per heavy atom. The number of carbonyl (C=O) groups is 1. The van der Waals surface area contributed by atoms with Gasteiger partial charge in [-0.15, -0.1) is 0 Å². The van der Waals surface area contributed by atoms with Crippen molar-refractivity contribution in [3.63, 3.8) is 0 Å². The predicted molar refractivity (Wildman–Crippen MR) is 131 cm³/mol. The van der Waals surface area contributed by atoms with Crippen molar-refractivity contribution in [2.45, 2.75) is 25.7 Å². The number of hydrogen-bond donors (Lipinski definition) is 2. The Morgan fingerprint density at radius 1 is 1.18 bits per heavy atom. The van der Waals surface area contributed by atoms with Gasteiger partial charge in [-0.3, -0.25) is 4.79 Å². The second-order valence-corrected chi connectivity index (χ2v) is 8.81. The second-order valence-electron chi connectivity index (χ2n) is 8.40. The Kier molecular flexibility index (Phi) is 6.81. The number of hydrogen-bond acceptors (Lipinski definition) is 6. The number of primary amides is 1. The number of methoxy groups -OCH3 is 1. The molecule has 0 saturated carbocycles. The van der Waals surface area contributed by atoms with E-state index in [1.165, 1.54) is 31.1 Å². The van der Waals surface area contributed by atoms with Crippen molar-refractivity contribution in [3.8, 4) is 17.1 Å². The van der Waals surface area contributed by atoms with Crippen LogP contribution in [0.1, 0.15) is 40.2 Å². The third-order valence-corrected chi connectivity index (χ3v) is 6.46. The van der Waals surface area contributed by atoms with Crippen LogP contribution in [-0.4, -0.2) is 48.0 Å². The number of nitrogens with zero attached hydrogens (tertiary/aromatic N) is 3. The maximum Gasteiger partial charge on any atom is 0.256 e. The zero-order valence-corrected chi connectivity index (χ0v) is 19.8. The molecule has 1 aliphatic rings. The number of aryl methyl sites for hydroxylation is 1. The van der Waals surface area contributed by atoms with E-state index < -0.39 is 5.91 Å². The third kappa shape index (κ3) is 4.94. The number of halogens is 1. The minimum absolute atomic E-state index is 0.0879. The summed E-state index contributed by atoms with van der Waals surface area (Å²) in [6.45, 7) is 4.37. The number of aromatic nitrogens is 2. The summed E-state index contributed by atoms with van der Waals surface area (Å²) in [5.41, 5.74) is 10.1. The van der Waals surface area contributed by atoms with E-state index in [1.807, 2.05) is 18.2 Å². The highest BCUT2D eigenvalue weighted by molar-refractivity contribution is 6.33. The van der Waals surface area contributed by atoms with Gasteiger partial charge < -0.3 is 20.7 Å². The number of amides is 1. The van der Waals surface area contributed by atoms with Crippen molar-refractivity contribution in [1.29, 1.82) is 0 Å². The number of piperidine rings is 1. The fourth-order valence-corrected chi connectivity index (χ4v) is 4.60. The van der Waals surface area contributed by atoms with Gasteiger partial charge in [0, 0.05) is 16.3 Å². The van der Waals surface area contributed by atoms with E-state index in [0.29, 0.717) is 28.1 Å². The normalized spacial score (nSPS) is 14.8. The van der Waals surface area contributed by atoms with Crippen LogP contribution in [0, 0.1) is 6.92 Å². The zero-order chi connectivity index (χ0) is 23.5. The molecule has 8 heteroatoms. The molecule has 0 unspecified atom stereocenters. The van der Waals surface area contributed by atoms with Crippen molar-refractivity contribution < 1.29 is 9.53 Å². The molecule has 0 aliphatic carbocycles. The van der Waals surface area contributed by atoms with E-state index in [2.05, 4.69) is 46.3 Å². The summed E-state index contributed by atoms with van der Waals surface area (Å²) in [4.78, 5) is 23.5. The van der Waals surface area contributed by atoms with Crippen LogP contribution in [0.2, 0.25) is 5.02 Å². The lowest BCUT2D eigenvalue weighted by Gasteiger charge is -2.30. The predicted octanol–water partition coefficient (Wildman–Crippen LogP) is 4.77. The van der Waals surface area contributed by atoms with Crippen molar-refractivity contribution in [2.24, 2.45) is 5.73 Å². The van der Waals surface area contributed by atoms with Gasteiger partial charge in [-0.1, -0.05) is 35.9 Å². The van der Waals surface area contributed by atoms with Crippen LogP contribution < -0.4 is 15.8 Å². The summed E-state index contributed by atoms with van der Waals surface area (Å²) in [6.07, 6.45) is 2.33. The Labute approximate surface area is 198 Å². The molecule has 2 heterocycles. The summed E-state index contributed by atoms with van der Waals surface area (Å²) in [6, 6.07) is 13.4. The Morgan fingerprint density at radius 2 is 1.91 bits per heavy atom. The number of likely N-dealkylation sites (tertiary alicyclic amines) is 1. The molecule has 1 aliphatic heterocycles. The van der Waals surface area contributed by atoms with Gasteiger partial charge in [0.1, 0.15) is 5.56 Å². The van der Waals surface area contributed by atoms with E-state index in [-0.39, 0.29) is 11.4 Å². The first-order chi connectivity index (χ1) is 15.9. The smallest absolute Gasteiger partial charge is 0.256 e. The number of nitrogens with two attached hydrogens (primary N) is 1. The molecular formula is C25H28ClN5O2. The standard InChI is InChI=1S/C25H28ClN5O2/c1-15-14-17(8-9-18(15)16-10-12-31(2)13-11-16)28-25-29-22(19-6-4-5-7-20(19)26)21(23(27)32)24(30-25)33-3/h4-9,14,16H,10-13H2,1-3H3,(H2,27,32)(H,28,29,30). The molecule has 0 atom stereocenters. The van der Waals surface area contributed by atoms with Crippen LogP contribution in [0.25, 0.3) is 11.3 Å². The SMILES string of the molecule is COc1nc(Nc2ccc(C3CCN(C)CC3)c(C)c2)nc(-c2ccccc2Cl)c1C(N)=O. The third-order valence-electron chi connectivity index (χ3n) is 6.13. The first kappa shape index (κ1) is 23.0. The molecule has 3 N–H and O–H groups in total. The number of benzene rings is 2. The average molecular weight is 466 g/mol. The van der Waals surface area contributed by atoms with Crippen LogP contribution in [-0.2, 0) is 0 Å². The zero-order valence-electron chi connectivity index (χ0n) is 19.1. The van der Waals surface area contributed by atoms with Gasteiger partial charge in [-0.2, -0.15) is 4.98 Å². The van der Waals surface area contributed by atoms with Gasteiger partial charge in [-0.05, 0) is 75.1 Å². The largest absolute Gasteiger partial charge is 0.480 e. The molecule has 3 aromatic rings. The highest BCUT2D eigenvalue weighted by atomic mass is 35.5. The minimum Gasteiger partial charge on any atom is -0.480 e. The first-order valence-electron chi connectivity index (χ1n) is 10.9. The van der Waals surface area contributed by atoms with Crippen LogP contribution in [0.5, 0.6) is 5.88 Å². The van der Waals surface area contributed by atoms with Crippen LogP contribution in [0.4, 0.5) is 11.6 Å².